The zero-order chi connectivity index (χ0) is 16.2. The molecule has 114 valence electrons. The average molecular weight is 322 g/mol. The molecule has 5 nitrogen and oxygen atoms in total. The molecule has 0 atom stereocenters. The highest BCUT2D eigenvalue weighted by atomic mass is 32.2. The Morgan fingerprint density at radius 3 is 2.65 bits per heavy atom. The Labute approximate surface area is 138 Å². The van der Waals surface area contributed by atoms with E-state index in [1.807, 2.05) is 43.3 Å². The van der Waals surface area contributed by atoms with Crippen molar-refractivity contribution in [3.05, 3.63) is 76.9 Å². The first-order chi connectivity index (χ1) is 11.2. The molecule has 0 N–H and O–H groups in total. The molecule has 6 heteroatoms. The van der Waals surface area contributed by atoms with Gasteiger partial charge in [-0.2, -0.15) is 15.1 Å². The summed E-state index contributed by atoms with van der Waals surface area (Å²) in [4.78, 5) is 0. The lowest BCUT2D eigenvalue weighted by molar-refractivity contribution is -0.645. The lowest BCUT2D eigenvalue weighted by Crippen LogP contribution is -2.27. The molecule has 0 aliphatic rings. The maximum absolute atomic E-state index is 11.8. The predicted octanol–water partition coefficient (Wildman–Crippen LogP) is 2.98. The lowest BCUT2D eigenvalue weighted by Gasteiger charge is -2.08. The molecule has 0 fully saturated rings. The Kier molecular flexibility index (Phi) is 4.31. The third-order valence-electron chi connectivity index (χ3n) is 3.41. The highest BCUT2D eigenvalue weighted by Crippen LogP contribution is 2.25. The van der Waals surface area contributed by atoms with Crippen molar-refractivity contribution in [1.82, 2.24) is 9.78 Å². The SMILES string of the molecule is Cc1nn(-c2ccccc2)c(CSc2cccc[n+]2[O-])c1C#N. The van der Waals surface area contributed by atoms with Gasteiger partial charge in [-0.1, -0.05) is 18.2 Å². The Hall–Kier alpha value is -2.78. The van der Waals surface area contributed by atoms with Gasteiger partial charge in [0.1, 0.15) is 6.07 Å². The second-order valence-corrected chi connectivity index (χ2v) is 5.92. The van der Waals surface area contributed by atoms with Crippen molar-refractivity contribution >= 4 is 11.8 Å². The second kappa shape index (κ2) is 6.55. The van der Waals surface area contributed by atoms with E-state index < -0.39 is 0 Å². The van der Waals surface area contributed by atoms with Crippen molar-refractivity contribution in [2.45, 2.75) is 17.7 Å². The van der Waals surface area contributed by atoms with Gasteiger partial charge >= 0.3 is 0 Å². The minimum atomic E-state index is 0.491. The Morgan fingerprint density at radius 1 is 1.22 bits per heavy atom. The summed E-state index contributed by atoms with van der Waals surface area (Å²) < 4.78 is 2.60. The van der Waals surface area contributed by atoms with Crippen molar-refractivity contribution in [3.63, 3.8) is 0 Å². The van der Waals surface area contributed by atoms with Crippen LogP contribution >= 0.6 is 11.8 Å². The summed E-state index contributed by atoms with van der Waals surface area (Å²) in [5.74, 6) is 0.491. The van der Waals surface area contributed by atoms with Crippen molar-refractivity contribution in [1.29, 1.82) is 5.26 Å². The highest BCUT2D eigenvalue weighted by molar-refractivity contribution is 7.98. The maximum atomic E-state index is 11.8. The molecule has 0 amide bonds. The number of hydrogen-bond acceptors (Lipinski definition) is 4. The number of pyridine rings is 1. The van der Waals surface area contributed by atoms with Gasteiger partial charge in [0.15, 0.2) is 6.20 Å². The molecule has 2 aromatic heterocycles. The number of nitriles is 1. The van der Waals surface area contributed by atoms with E-state index in [9.17, 15) is 10.5 Å². The van der Waals surface area contributed by atoms with E-state index in [-0.39, 0.29) is 0 Å². The zero-order valence-corrected chi connectivity index (χ0v) is 13.3. The van der Waals surface area contributed by atoms with E-state index in [0.717, 1.165) is 16.1 Å². The van der Waals surface area contributed by atoms with Crippen molar-refractivity contribution < 1.29 is 4.73 Å². The Bertz CT molecular complexity index is 868. The highest BCUT2D eigenvalue weighted by Gasteiger charge is 2.18. The van der Waals surface area contributed by atoms with Crippen LogP contribution in [0, 0.1) is 23.5 Å². The first kappa shape index (κ1) is 15.1. The number of aryl methyl sites for hydroxylation is 1. The predicted molar refractivity (Wildman–Crippen MR) is 88.0 cm³/mol. The molecule has 3 rings (SSSR count). The van der Waals surface area contributed by atoms with Gasteiger partial charge in [-0.3, -0.25) is 0 Å². The fourth-order valence-electron chi connectivity index (χ4n) is 2.30. The third-order valence-corrected chi connectivity index (χ3v) is 4.44. The van der Waals surface area contributed by atoms with E-state index in [4.69, 9.17) is 0 Å². The topological polar surface area (TPSA) is 68.5 Å². The van der Waals surface area contributed by atoms with Crippen LogP contribution in [0.2, 0.25) is 0 Å². The summed E-state index contributed by atoms with van der Waals surface area (Å²) in [5.41, 5.74) is 2.95. The van der Waals surface area contributed by atoms with Crippen molar-refractivity contribution in [2.75, 3.05) is 0 Å². The van der Waals surface area contributed by atoms with Crippen molar-refractivity contribution in [2.24, 2.45) is 0 Å². The van der Waals surface area contributed by atoms with E-state index in [1.165, 1.54) is 18.0 Å². The van der Waals surface area contributed by atoms with Gasteiger partial charge in [0, 0.05) is 17.9 Å². The average Bonchev–Trinajstić information content (AvgIpc) is 2.90. The van der Waals surface area contributed by atoms with Gasteiger partial charge in [0.25, 0.3) is 5.03 Å². The van der Waals surface area contributed by atoms with Crippen LogP contribution in [0.4, 0.5) is 0 Å². The van der Waals surface area contributed by atoms with Gasteiger partial charge in [-0.05, 0) is 36.9 Å². The maximum Gasteiger partial charge on any atom is 0.251 e. The fourth-order valence-corrected chi connectivity index (χ4v) is 3.22. The van der Waals surface area contributed by atoms with Crippen LogP contribution in [0.3, 0.4) is 0 Å². The van der Waals surface area contributed by atoms with E-state index in [0.29, 0.717) is 22.0 Å². The van der Waals surface area contributed by atoms with Gasteiger partial charge in [0.05, 0.1) is 22.6 Å². The summed E-state index contributed by atoms with van der Waals surface area (Å²) in [5, 5.41) is 26.3. The minimum absolute atomic E-state index is 0.491. The molecule has 0 saturated heterocycles. The number of rotatable bonds is 4. The molecule has 23 heavy (non-hydrogen) atoms. The standard InChI is InChI=1S/C17H14N4OS/c1-13-15(11-18)16(12-23-17-9-5-6-10-20(17)22)21(19-13)14-7-3-2-4-8-14/h2-10H,12H2,1H3. The molecular weight excluding hydrogens is 308 g/mol. The molecule has 0 bridgehead atoms. The monoisotopic (exact) mass is 322 g/mol. The van der Waals surface area contributed by atoms with E-state index in [2.05, 4.69) is 11.2 Å². The van der Waals surface area contributed by atoms with E-state index in [1.54, 1.807) is 16.8 Å². The smallest absolute Gasteiger partial charge is 0.251 e. The molecule has 0 spiro atoms. The Balaban J connectivity index is 1.98. The van der Waals surface area contributed by atoms with Gasteiger partial charge < -0.3 is 5.21 Å². The molecule has 2 heterocycles. The number of hydrogen-bond donors (Lipinski definition) is 0. The number of thioether (sulfide) groups is 1. The van der Waals surface area contributed by atoms with Crippen LogP contribution in [-0.4, -0.2) is 9.78 Å². The van der Waals surface area contributed by atoms with Gasteiger partial charge in [-0.25, -0.2) is 4.68 Å². The molecule has 0 saturated carbocycles. The van der Waals surface area contributed by atoms with Gasteiger partial charge in [0.2, 0.25) is 0 Å². The van der Waals surface area contributed by atoms with Crippen LogP contribution in [0.25, 0.3) is 5.69 Å². The quantitative estimate of drug-likeness (QED) is 0.421. The number of nitrogens with zero attached hydrogens (tertiary/aromatic N) is 4. The van der Waals surface area contributed by atoms with Crippen molar-refractivity contribution in [3.8, 4) is 11.8 Å². The summed E-state index contributed by atoms with van der Waals surface area (Å²) in [6, 6.07) is 17.2. The summed E-state index contributed by atoms with van der Waals surface area (Å²) in [7, 11) is 0. The largest absolute Gasteiger partial charge is 0.618 e. The summed E-state index contributed by atoms with van der Waals surface area (Å²) in [6.07, 6.45) is 1.47. The van der Waals surface area contributed by atoms with E-state index >= 15 is 0 Å². The number of benzene rings is 1. The third kappa shape index (κ3) is 3.05. The first-order valence-electron chi connectivity index (χ1n) is 7.05. The fraction of sp³-hybridized carbons (Fsp3) is 0.118. The van der Waals surface area contributed by atoms with Crippen LogP contribution in [0.15, 0.2) is 59.8 Å². The molecule has 0 unspecified atom stereocenters. The molecule has 1 aromatic carbocycles. The van der Waals surface area contributed by atoms with Crippen LogP contribution in [-0.2, 0) is 5.75 Å². The zero-order valence-electron chi connectivity index (χ0n) is 12.5. The minimum Gasteiger partial charge on any atom is -0.618 e. The van der Waals surface area contributed by atoms with Gasteiger partial charge in [-0.15, -0.1) is 0 Å². The Morgan fingerprint density at radius 2 is 1.96 bits per heavy atom. The molecule has 0 aliphatic heterocycles. The number of para-hydroxylation sites is 1. The molecule has 3 aromatic rings. The van der Waals surface area contributed by atoms with Crippen LogP contribution < -0.4 is 4.73 Å². The molecule has 0 aliphatic carbocycles. The van der Waals surface area contributed by atoms with Crippen LogP contribution in [0.1, 0.15) is 17.0 Å². The lowest BCUT2D eigenvalue weighted by atomic mass is 10.2. The summed E-state index contributed by atoms with van der Waals surface area (Å²) >= 11 is 1.39. The first-order valence-corrected chi connectivity index (χ1v) is 8.04. The van der Waals surface area contributed by atoms with Crippen LogP contribution in [0.5, 0.6) is 0 Å². The molecule has 0 radical (unpaired) electrons. The number of aromatic nitrogens is 3. The normalized spacial score (nSPS) is 10.4. The summed E-state index contributed by atoms with van der Waals surface area (Å²) in [6.45, 7) is 1.82. The second-order valence-electron chi connectivity index (χ2n) is 4.92. The molecular formula is C17H14N4OS.